The van der Waals surface area contributed by atoms with E-state index < -0.39 is 0 Å². The molecule has 0 aliphatic rings. The second-order valence-corrected chi connectivity index (χ2v) is 5.50. The van der Waals surface area contributed by atoms with Crippen molar-refractivity contribution in [2.75, 3.05) is 27.3 Å². The molecule has 1 N–H and O–H groups in total. The van der Waals surface area contributed by atoms with E-state index in [0.717, 1.165) is 35.5 Å². The van der Waals surface area contributed by atoms with Crippen molar-refractivity contribution in [2.45, 2.75) is 20.3 Å². The molecule has 0 aromatic heterocycles. The molecule has 0 spiro atoms. The first-order valence-corrected chi connectivity index (χ1v) is 6.99. The Hall–Kier alpha value is -0.740. The van der Waals surface area contributed by atoms with E-state index in [1.54, 1.807) is 14.2 Å². The van der Waals surface area contributed by atoms with Gasteiger partial charge in [-0.05, 0) is 43.1 Å². The molecular weight excluding hydrogens is 294 g/mol. The molecule has 1 aromatic carbocycles. The van der Waals surface area contributed by atoms with Crippen LogP contribution in [0.1, 0.15) is 19.4 Å². The lowest BCUT2D eigenvalue weighted by molar-refractivity contribution is 0.354. The van der Waals surface area contributed by atoms with Gasteiger partial charge in [-0.25, -0.2) is 0 Å². The summed E-state index contributed by atoms with van der Waals surface area (Å²) in [5.41, 5.74) is 1.23. The van der Waals surface area contributed by atoms with Gasteiger partial charge in [0.1, 0.15) is 0 Å². The standard InChI is InChI=1S/C14H22BrNO2/c1-10(2)9-16-6-5-11-7-13(17-3)14(18-4)8-12(11)15/h7-8,10,16H,5-6,9H2,1-4H3. The fraction of sp³-hybridized carbons (Fsp3) is 0.571. The van der Waals surface area contributed by atoms with Gasteiger partial charge in [0, 0.05) is 4.47 Å². The van der Waals surface area contributed by atoms with E-state index in [-0.39, 0.29) is 0 Å². The molecule has 0 fully saturated rings. The van der Waals surface area contributed by atoms with Crippen molar-refractivity contribution in [2.24, 2.45) is 5.92 Å². The van der Waals surface area contributed by atoms with Gasteiger partial charge in [-0.15, -0.1) is 0 Å². The first-order valence-electron chi connectivity index (χ1n) is 6.19. The van der Waals surface area contributed by atoms with E-state index in [1.807, 2.05) is 12.1 Å². The highest BCUT2D eigenvalue weighted by Gasteiger charge is 2.09. The highest BCUT2D eigenvalue weighted by molar-refractivity contribution is 9.10. The summed E-state index contributed by atoms with van der Waals surface area (Å²) in [5.74, 6) is 2.21. The van der Waals surface area contributed by atoms with Crippen molar-refractivity contribution in [3.63, 3.8) is 0 Å². The number of rotatable bonds is 7. The fourth-order valence-electron chi connectivity index (χ4n) is 1.70. The van der Waals surface area contributed by atoms with Gasteiger partial charge in [-0.3, -0.25) is 0 Å². The van der Waals surface area contributed by atoms with Crippen molar-refractivity contribution in [1.29, 1.82) is 0 Å². The molecule has 0 amide bonds. The average molecular weight is 316 g/mol. The second-order valence-electron chi connectivity index (χ2n) is 4.65. The summed E-state index contributed by atoms with van der Waals surface area (Å²) in [6.07, 6.45) is 0.966. The van der Waals surface area contributed by atoms with Crippen LogP contribution >= 0.6 is 15.9 Å². The molecule has 0 aliphatic carbocycles. The Morgan fingerprint density at radius 2 is 1.78 bits per heavy atom. The summed E-state index contributed by atoms with van der Waals surface area (Å²) in [6, 6.07) is 3.98. The Labute approximate surface area is 118 Å². The normalized spacial score (nSPS) is 10.8. The molecule has 0 unspecified atom stereocenters. The van der Waals surface area contributed by atoms with Crippen LogP contribution in [-0.2, 0) is 6.42 Å². The van der Waals surface area contributed by atoms with E-state index in [4.69, 9.17) is 9.47 Å². The molecule has 4 heteroatoms. The Morgan fingerprint density at radius 1 is 1.17 bits per heavy atom. The van der Waals surface area contributed by atoms with E-state index in [2.05, 4.69) is 35.1 Å². The molecule has 3 nitrogen and oxygen atoms in total. The van der Waals surface area contributed by atoms with Crippen LogP contribution < -0.4 is 14.8 Å². The Balaban J connectivity index is 2.65. The van der Waals surface area contributed by atoms with Gasteiger partial charge in [0.25, 0.3) is 0 Å². The molecule has 0 radical (unpaired) electrons. The number of halogens is 1. The van der Waals surface area contributed by atoms with E-state index in [0.29, 0.717) is 5.92 Å². The summed E-state index contributed by atoms with van der Waals surface area (Å²) in [6.45, 7) is 6.43. The Bertz CT molecular complexity index is 380. The highest BCUT2D eigenvalue weighted by atomic mass is 79.9. The Kier molecular flexibility index (Phi) is 6.50. The third-order valence-electron chi connectivity index (χ3n) is 2.68. The Morgan fingerprint density at radius 3 is 2.33 bits per heavy atom. The van der Waals surface area contributed by atoms with Crippen LogP contribution in [0.15, 0.2) is 16.6 Å². The van der Waals surface area contributed by atoms with Crippen molar-refractivity contribution < 1.29 is 9.47 Å². The van der Waals surface area contributed by atoms with Crippen LogP contribution in [-0.4, -0.2) is 27.3 Å². The maximum atomic E-state index is 5.31. The number of ether oxygens (including phenoxy) is 2. The van der Waals surface area contributed by atoms with Gasteiger partial charge in [-0.2, -0.15) is 0 Å². The molecule has 0 bridgehead atoms. The van der Waals surface area contributed by atoms with Crippen LogP contribution in [0.5, 0.6) is 11.5 Å². The molecular formula is C14H22BrNO2. The van der Waals surface area contributed by atoms with E-state index >= 15 is 0 Å². The zero-order chi connectivity index (χ0) is 13.5. The number of methoxy groups -OCH3 is 2. The van der Waals surface area contributed by atoms with Crippen molar-refractivity contribution in [3.05, 3.63) is 22.2 Å². The maximum Gasteiger partial charge on any atom is 0.161 e. The molecule has 1 rings (SSSR count). The van der Waals surface area contributed by atoms with Gasteiger partial charge in [0.2, 0.25) is 0 Å². The van der Waals surface area contributed by atoms with Crippen molar-refractivity contribution in [3.8, 4) is 11.5 Å². The van der Waals surface area contributed by atoms with Crippen LogP contribution in [0.4, 0.5) is 0 Å². The van der Waals surface area contributed by atoms with Gasteiger partial charge in [0.15, 0.2) is 11.5 Å². The summed E-state index contributed by atoms with van der Waals surface area (Å²) < 4.78 is 11.6. The quantitative estimate of drug-likeness (QED) is 0.783. The molecule has 0 saturated heterocycles. The number of hydrogen-bond donors (Lipinski definition) is 1. The number of nitrogens with one attached hydrogen (secondary N) is 1. The SMILES string of the molecule is COc1cc(Br)c(CCNCC(C)C)cc1OC. The second kappa shape index (κ2) is 7.64. The first-order chi connectivity index (χ1) is 8.58. The molecule has 1 aromatic rings. The van der Waals surface area contributed by atoms with Gasteiger partial charge in [0.05, 0.1) is 14.2 Å². The third-order valence-corrected chi connectivity index (χ3v) is 3.41. The minimum atomic E-state index is 0.679. The molecule has 0 atom stereocenters. The van der Waals surface area contributed by atoms with Gasteiger partial charge in [-0.1, -0.05) is 29.8 Å². The predicted molar refractivity (Wildman–Crippen MR) is 78.7 cm³/mol. The number of benzene rings is 1. The van der Waals surface area contributed by atoms with Gasteiger partial charge < -0.3 is 14.8 Å². The van der Waals surface area contributed by atoms with Crippen LogP contribution in [0.3, 0.4) is 0 Å². The minimum absolute atomic E-state index is 0.679. The molecule has 0 saturated carbocycles. The van der Waals surface area contributed by atoms with Crippen molar-refractivity contribution in [1.82, 2.24) is 5.32 Å². The molecule has 18 heavy (non-hydrogen) atoms. The third kappa shape index (κ3) is 4.50. The predicted octanol–water partition coefficient (Wildman–Crippen LogP) is 3.25. The lowest BCUT2D eigenvalue weighted by Crippen LogP contribution is -2.22. The molecule has 0 heterocycles. The topological polar surface area (TPSA) is 30.5 Å². The number of hydrogen-bond acceptors (Lipinski definition) is 3. The van der Waals surface area contributed by atoms with Crippen LogP contribution in [0, 0.1) is 5.92 Å². The zero-order valence-electron chi connectivity index (χ0n) is 11.5. The summed E-state index contributed by atoms with van der Waals surface area (Å²) in [7, 11) is 3.31. The zero-order valence-corrected chi connectivity index (χ0v) is 13.1. The summed E-state index contributed by atoms with van der Waals surface area (Å²) in [4.78, 5) is 0. The highest BCUT2D eigenvalue weighted by Crippen LogP contribution is 2.33. The lowest BCUT2D eigenvalue weighted by atomic mass is 10.1. The van der Waals surface area contributed by atoms with E-state index in [9.17, 15) is 0 Å². The monoisotopic (exact) mass is 315 g/mol. The maximum absolute atomic E-state index is 5.31. The smallest absolute Gasteiger partial charge is 0.161 e. The summed E-state index contributed by atoms with van der Waals surface area (Å²) in [5, 5.41) is 3.43. The molecule has 102 valence electrons. The van der Waals surface area contributed by atoms with Crippen molar-refractivity contribution >= 4 is 15.9 Å². The van der Waals surface area contributed by atoms with E-state index in [1.165, 1.54) is 5.56 Å². The molecule has 0 aliphatic heterocycles. The summed E-state index contributed by atoms with van der Waals surface area (Å²) >= 11 is 3.57. The average Bonchev–Trinajstić information content (AvgIpc) is 2.35. The largest absolute Gasteiger partial charge is 0.493 e. The lowest BCUT2D eigenvalue weighted by Gasteiger charge is -2.12. The van der Waals surface area contributed by atoms with Crippen LogP contribution in [0.2, 0.25) is 0 Å². The fourth-order valence-corrected chi connectivity index (χ4v) is 2.22. The van der Waals surface area contributed by atoms with Crippen LogP contribution in [0.25, 0.3) is 0 Å². The first kappa shape index (κ1) is 15.3. The minimum Gasteiger partial charge on any atom is -0.493 e. The van der Waals surface area contributed by atoms with Gasteiger partial charge >= 0.3 is 0 Å².